The van der Waals surface area contributed by atoms with Gasteiger partial charge in [-0.05, 0) is 50.2 Å². The van der Waals surface area contributed by atoms with E-state index < -0.39 is 13.0 Å². The van der Waals surface area contributed by atoms with Gasteiger partial charge >= 0.3 is 0 Å². The molecule has 2 nitrogen and oxygen atoms in total. The largest absolute Gasteiger partial charge is 0.337 e. The average Bonchev–Trinajstić information content (AvgIpc) is 2.61. The Morgan fingerprint density at radius 3 is 1.35 bits per heavy atom. The van der Waals surface area contributed by atoms with Gasteiger partial charge in [0.25, 0.3) is 0 Å². The highest BCUT2D eigenvalue weighted by molar-refractivity contribution is 8.67. The lowest BCUT2D eigenvalue weighted by Gasteiger charge is -2.28. The molecule has 0 saturated heterocycles. The van der Waals surface area contributed by atoms with Crippen molar-refractivity contribution in [3.63, 3.8) is 0 Å². The van der Waals surface area contributed by atoms with Gasteiger partial charge in [0.05, 0.1) is 31.3 Å². The molecule has 0 aliphatic heterocycles. The van der Waals surface area contributed by atoms with Crippen molar-refractivity contribution >= 4 is 36.1 Å². The first-order chi connectivity index (χ1) is 12.4. The van der Waals surface area contributed by atoms with Crippen LogP contribution in [0.15, 0.2) is 0 Å². The number of unbranched alkanes of at least 4 members (excludes halogenated alkanes) is 4. The molecule has 0 aromatic carbocycles. The molecule has 160 valence electrons. The van der Waals surface area contributed by atoms with Gasteiger partial charge in [-0.15, -0.1) is 0 Å². The summed E-state index contributed by atoms with van der Waals surface area (Å²) in [6, 6.07) is 0. The summed E-state index contributed by atoms with van der Waals surface area (Å²) in [6.45, 7) is 13.7. The summed E-state index contributed by atoms with van der Waals surface area (Å²) < 4.78 is 4.91. The maximum Gasteiger partial charge on any atom is 0.244 e. The van der Waals surface area contributed by atoms with E-state index in [1.807, 2.05) is 13.8 Å². The molecule has 0 rings (SSSR count). The van der Waals surface area contributed by atoms with Crippen molar-refractivity contribution in [3.05, 3.63) is 0 Å². The Bertz CT molecular complexity index is 294. The van der Waals surface area contributed by atoms with Crippen LogP contribution in [0.2, 0.25) is 0 Å². The highest BCUT2D eigenvalue weighted by atomic mass is 32.9. The second-order valence-corrected chi connectivity index (χ2v) is 17.9. The van der Waals surface area contributed by atoms with Crippen molar-refractivity contribution in [1.29, 1.82) is 0 Å². The zero-order chi connectivity index (χ0) is 20.3. The molecule has 1 atom stereocenters. The van der Waals surface area contributed by atoms with Gasteiger partial charge in [-0.3, -0.25) is 0 Å². The van der Waals surface area contributed by atoms with Gasteiger partial charge in [0.2, 0.25) is 5.69 Å². The zero-order valence-corrected chi connectivity index (χ0v) is 21.9. The third kappa shape index (κ3) is 17.4. The van der Waals surface area contributed by atoms with Crippen molar-refractivity contribution in [2.75, 3.05) is 37.0 Å². The van der Waals surface area contributed by atoms with Crippen molar-refractivity contribution in [2.45, 2.75) is 92.9 Å². The maximum absolute atomic E-state index is 9.18. The number of rotatable bonds is 16. The van der Waals surface area contributed by atoms with Gasteiger partial charge in [0.15, 0.2) is 0 Å². The fourth-order valence-corrected chi connectivity index (χ4v) is 11.8. The van der Waals surface area contributed by atoms with Crippen LogP contribution in [0.5, 0.6) is 0 Å². The Morgan fingerprint density at radius 1 is 0.769 bits per heavy atom. The molecule has 0 aromatic rings. The smallest absolute Gasteiger partial charge is 0.244 e. The molecule has 26 heavy (non-hydrogen) atoms. The molecule has 1 N–H and O–H groups in total. The van der Waals surface area contributed by atoms with Gasteiger partial charge in [0, 0.05) is 7.26 Å². The summed E-state index contributed by atoms with van der Waals surface area (Å²) in [4.78, 5) is 9.18. The van der Waals surface area contributed by atoms with Crippen molar-refractivity contribution in [3.8, 4) is 0 Å². The van der Waals surface area contributed by atoms with E-state index in [1.165, 1.54) is 62.7 Å². The Balaban J connectivity index is 0. The molecule has 0 saturated carbocycles. The molecule has 0 aliphatic carbocycles. The molecule has 0 radical (unpaired) electrons. The molecule has 0 aromatic heterocycles. The minimum Gasteiger partial charge on any atom is -0.337 e. The quantitative estimate of drug-likeness (QED) is 0.242. The fraction of sp³-hybridized carbons (Fsp3) is 1.00. The Labute approximate surface area is 175 Å². The third-order valence-electron chi connectivity index (χ3n) is 4.53. The first-order valence-electron chi connectivity index (χ1n) is 10.8. The standard InChI is InChI=1S/C16H36P.C4H11O2PS2/c1-5-9-13-17(14-10-6-2,15-11-7-3)16-12-8-4;1-3-6-7(5,8)9-4-2/h5-16H2,1-4H3;3-4H2,1-2H3,(H,5,8)/q+1;. The normalized spacial score (nSPS) is 13.8. The summed E-state index contributed by atoms with van der Waals surface area (Å²) in [6.07, 6.45) is 17.9. The summed E-state index contributed by atoms with van der Waals surface area (Å²) >= 11 is 6.07. The summed E-state index contributed by atoms with van der Waals surface area (Å²) in [5.41, 5.74) is -2.44. The Kier molecular flexibility index (Phi) is 22.3. The lowest BCUT2D eigenvalue weighted by Crippen LogP contribution is -2.12. The van der Waals surface area contributed by atoms with Gasteiger partial charge in [-0.1, -0.05) is 71.7 Å². The number of hydrogen-bond acceptors (Lipinski definition) is 3. The van der Waals surface area contributed by atoms with Crippen molar-refractivity contribution < 1.29 is 9.42 Å². The molecule has 0 fully saturated rings. The predicted molar refractivity (Wildman–Crippen MR) is 132 cm³/mol. The van der Waals surface area contributed by atoms with Crippen LogP contribution in [0.4, 0.5) is 0 Å². The highest BCUT2D eigenvalue weighted by Crippen LogP contribution is 2.61. The predicted octanol–water partition coefficient (Wildman–Crippen LogP) is 8.20. The van der Waals surface area contributed by atoms with E-state index in [0.29, 0.717) is 6.61 Å². The first-order valence-corrected chi connectivity index (χ1v) is 17.6. The van der Waals surface area contributed by atoms with Gasteiger partial charge < -0.3 is 9.42 Å². The van der Waals surface area contributed by atoms with Crippen LogP contribution in [-0.2, 0) is 16.3 Å². The van der Waals surface area contributed by atoms with E-state index in [-0.39, 0.29) is 0 Å². The van der Waals surface area contributed by atoms with Crippen LogP contribution >= 0.6 is 24.3 Å². The van der Waals surface area contributed by atoms with E-state index in [4.69, 9.17) is 16.3 Å². The summed E-state index contributed by atoms with van der Waals surface area (Å²) in [7, 11) is -0.562. The molecular formula is C20H47O2P2S2+. The lowest BCUT2D eigenvalue weighted by atomic mass is 10.4. The molecular weight excluding hydrogens is 398 g/mol. The lowest BCUT2D eigenvalue weighted by molar-refractivity contribution is 0.341. The second kappa shape index (κ2) is 19.7. The molecule has 0 spiro atoms. The summed E-state index contributed by atoms with van der Waals surface area (Å²) in [5.74, 6) is 0.813. The zero-order valence-electron chi connectivity index (χ0n) is 18.5. The van der Waals surface area contributed by atoms with Gasteiger partial charge in [0.1, 0.15) is 0 Å². The van der Waals surface area contributed by atoms with Gasteiger partial charge in [-0.2, -0.15) is 0 Å². The highest BCUT2D eigenvalue weighted by Gasteiger charge is 2.34. The van der Waals surface area contributed by atoms with Crippen molar-refractivity contribution in [2.24, 2.45) is 0 Å². The van der Waals surface area contributed by atoms with E-state index in [9.17, 15) is 4.89 Å². The molecule has 6 heteroatoms. The Morgan fingerprint density at radius 2 is 1.12 bits per heavy atom. The first kappa shape index (κ1) is 29.6. The van der Waals surface area contributed by atoms with Gasteiger partial charge in [-0.25, -0.2) is 0 Å². The van der Waals surface area contributed by atoms with Crippen LogP contribution in [0, 0.1) is 0 Å². The van der Waals surface area contributed by atoms with E-state index >= 15 is 0 Å². The van der Waals surface area contributed by atoms with Crippen molar-refractivity contribution in [1.82, 2.24) is 0 Å². The molecule has 0 bridgehead atoms. The topological polar surface area (TPSA) is 29.5 Å². The molecule has 0 aliphatic rings. The van der Waals surface area contributed by atoms with E-state index in [1.54, 1.807) is 24.6 Å². The molecule has 0 amide bonds. The minimum absolute atomic E-state index is 0.501. The van der Waals surface area contributed by atoms with Crippen LogP contribution in [0.1, 0.15) is 92.9 Å². The van der Waals surface area contributed by atoms with Crippen LogP contribution in [-0.4, -0.2) is 41.9 Å². The second-order valence-electron chi connectivity index (χ2n) is 6.95. The Hall–Kier alpha value is 1.35. The monoisotopic (exact) mass is 445 g/mol. The van der Waals surface area contributed by atoms with Crippen LogP contribution < -0.4 is 0 Å². The van der Waals surface area contributed by atoms with Crippen LogP contribution in [0.25, 0.3) is 0 Å². The fourth-order valence-electron chi connectivity index (χ4n) is 3.01. The minimum atomic E-state index is -2.44. The summed E-state index contributed by atoms with van der Waals surface area (Å²) in [5, 5.41) is 0. The number of hydrogen-bond donors (Lipinski definition) is 1. The third-order valence-corrected chi connectivity index (χ3v) is 14.1. The molecule has 1 unspecified atom stereocenters. The van der Waals surface area contributed by atoms with Crippen LogP contribution in [0.3, 0.4) is 0 Å². The SMILES string of the molecule is CCCC[P+](CCCC)(CCCC)CCCC.CCOP(O)(=S)SCC. The molecule has 0 heterocycles. The van der Waals surface area contributed by atoms with E-state index in [2.05, 4.69) is 27.7 Å². The maximum atomic E-state index is 9.18. The van der Waals surface area contributed by atoms with E-state index in [0.717, 1.165) is 5.75 Å². The average molecular weight is 446 g/mol.